The maximum absolute atomic E-state index is 12.2. The number of aromatic nitrogens is 1. The number of ether oxygens (including phenoxy) is 1. The lowest BCUT2D eigenvalue weighted by Crippen LogP contribution is -2.78. The number of carbonyl (C=O) groups excluding carboxylic acids is 2. The van der Waals surface area contributed by atoms with Gasteiger partial charge in [-0.2, -0.15) is 0 Å². The van der Waals surface area contributed by atoms with E-state index < -0.39 is 12.0 Å². The van der Waals surface area contributed by atoms with Gasteiger partial charge >= 0.3 is 5.97 Å². The number of hydrogen-bond acceptors (Lipinski definition) is 6. The number of esters is 1. The molecular formula is C26H29N4O4+. The van der Waals surface area contributed by atoms with Crippen LogP contribution in [0.3, 0.4) is 0 Å². The van der Waals surface area contributed by atoms with Crippen molar-refractivity contribution in [1.82, 2.24) is 10.3 Å². The molecule has 0 bridgehead atoms. The third-order valence-electron chi connectivity index (χ3n) is 5.74. The highest BCUT2D eigenvalue weighted by atomic mass is 16.5. The summed E-state index contributed by atoms with van der Waals surface area (Å²) in [6.07, 6.45) is 0.252. The lowest BCUT2D eigenvalue weighted by Gasteiger charge is -2.12. The fourth-order valence-electron chi connectivity index (χ4n) is 4.04. The number of aryl methyl sites for hydroxylation is 1. The number of amides is 1. The van der Waals surface area contributed by atoms with Crippen molar-refractivity contribution < 1.29 is 24.1 Å². The Morgan fingerprint density at radius 1 is 1.21 bits per heavy atom. The van der Waals surface area contributed by atoms with Crippen molar-refractivity contribution in [2.45, 2.75) is 33.2 Å². The van der Waals surface area contributed by atoms with E-state index in [1.54, 1.807) is 6.92 Å². The molecule has 0 saturated carbocycles. The smallest absolute Gasteiger partial charge is 0.328 e. The number of nitrogens with zero attached hydrogens (tertiary/aromatic N) is 2. The second kappa shape index (κ2) is 10.0. The van der Waals surface area contributed by atoms with Crippen LogP contribution >= 0.6 is 0 Å². The van der Waals surface area contributed by atoms with Gasteiger partial charge in [0.15, 0.2) is 11.3 Å². The number of hydrogen-bond donors (Lipinski definition) is 2. The average Bonchev–Trinajstić information content (AvgIpc) is 2.83. The number of fused-ring (bicyclic) bond motifs is 4. The largest absolute Gasteiger partial charge is 0.467 e. The molecule has 0 fully saturated rings. The monoisotopic (exact) mass is 461 g/mol. The van der Waals surface area contributed by atoms with E-state index in [1.165, 1.54) is 7.11 Å². The maximum atomic E-state index is 12.2. The van der Waals surface area contributed by atoms with Crippen LogP contribution in [0.25, 0.3) is 33.3 Å². The normalized spacial score (nSPS) is 12.9. The van der Waals surface area contributed by atoms with E-state index in [4.69, 9.17) is 9.40 Å². The van der Waals surface area contributed by atoms with Crippen LogP contribution in [0.2, 0.25) is 0 Å². The SMILES string of the molecule is CCN=c1cc2oc3cc([NH2+]CCC(=O)N[C@@H](C)C(=O)OC)c4ccccc4c3nc-2cc1C. The van der Waals surface area contributed by atoms with Crippen molar-refractivity contribution >= 4 is 39.4 Å². The van der Waals surface area contributed by atoms with Crippen molar-refractivity contribution in [3.8, 4) is 11.5 Å². The van der Waals surface area contributed by atoms with Gasteiger partial charge in [-0.3, -0.25) is 9.79 Å². The number of quaternary nitrogens is 1. The second-order valence-electron chi connectivity index (χ2n) is 8.21. The van der Waals surface area contributed by atoms with Gasteiger partial charge in [0.25, 0.3) is 0 Å². The molecule has 1 amide bonds. The van der Waals surface area contributed by atoms with E-state index in [1.807, 2.05) is 61.6 Å². The first kappa shape index (κ1) is 23.4. The predicted octanol–water partition coefficient (Wildman–Crippen LogP) is 2.58. The van der Waals surface area contributed by atoms with Crippen LogP contribution in [0.4, 0.5) is 5.69 Å². The molecule has 4 rings (SSSR count). The molecule has 2 aromatic carbocycles. The van der Waals surface area contributed by atoms with Gasteiger partial charge in [0, 0.05) is 29.4 Å². The van der Waals surface area contributed by atoms with Crippen LogP contribution in [-0.4, -0.2) is 43.1 Å². The van der Waals surface area contributed by atoms with Crippen molar-refractivity contribution in [3.05, 3.63) is 53.4 Å². The van der Waals surface area contributed by atoms with Crippen molar-refractivity contribution in [2.24, 2.45) is 4.99 Å². The summed E-state index contributed by atoms with van der Waals surface area (Å²) in [6.45, 7) is 6.84. The fraction of sp³-hybridized carbons (Fsp3) is 0.308. The Bertz CT molecular complexity index is 1410. The molecular weight excluding hydrogens is 432 g/mol. The molecule has 0 unspecified atom stereocenters. The van der Waals surface area contributed by atoms with E-state index in [9.17, 15) is 9.59 Å². The van der Waals surface area contributed by atoms with Gasteiger partial charge in [-0.05, 0) is 38.5 Å². The molecule has 34 heavy (non-hydrogen) atoms. The van der Waals surface area contributed by atoms with Crippen molar-refractivity contribution in [2.75, 3.05) is 20.2 Å². The van der Waals surface area contributed by atoms with Gasteiger partial charge in [-0.1, -0.05) is 18.2 Å². The van der Waals surface area contributed by atoms with Gasteiger partial charge in [-0.25, -0.2) is 9.78 Å². The standard InChI is InChI=1S/C26H28N4O4/c1-5-27-19-13-22-21(12-15(19)2)30-25-18-9-7-6-8-17(18)20(14-23(25)34-22)28-11-10-24(31)29-16(3)26(32)33-4/h6-9,12-14,16,28H,5,10-11H2,1-4H3,(H,29,31)/p+1/t16-/m0/s1. The summed E-state index contributed by atoms with van der Waals surface area (Å²) in [5.74, 6) is 0.00570. The Morgan fingerprint density at radius 2 is 1.97 bits per heavy atom. The van der Waals surface area contributed by atoms with E-state index in [-0.39, 0.29) is 12.3 Å². The summed E-state index contributed by atoms with van der Waals surface area (Å²) < 4.78 is 10.9. The lowest BCUT2D eigenvalue weighted by molar-refractivity contribution is -0.568. The molecule has 1 aliphatic heterocycles. The van der Waals surface area contributed by atoms with Crippen LogP contribution in [-0.2, 0) is 14.3 Å². The van der Waals surface area contributed by atoms with E-state index >= 15 is 0 Å². The molecule has 2 aromatic rings. The second-order valence-corrected chi connectivity index (χ2v) is 8.21. The molecule has 1 aliphatic carbocycles. The number of carbonyl (C=O) groups is 2. The highest BCUT2D eigenvalue weighted by Crippen LogP contribution is 2.32. The van der Waals surface area contributed by atoms with Crippen molar-refractivity contribution in [3.63, 3.8) is 0 Å². The first-order valence-electron chi connectivity index (χ1n) is 11.4. The molecule has 0 aromatic heterocycles. The van der Waals surface area contributed by atoms with Gasteiger partial charge in [0.1, 0.15) is 22.9 Å². The zero-order valence-corrected chi connectivity index (χ0v) is 19.8. The zero-order chi connectivity index (χ0) is 24.2. The minimum atomic E-state index is -0.676. The molecule has 1 heterocycles. The van der Waals surface area contributed by atoms with Crippen LogP contribution < -0.4 is 16.0 Å². The molecule has 8 heteroatoms. The summed E-state index contributed by atoms with van der Waals surface area (Å²) in [7, 11) is 1.30. The summed E-state index contributed by atoms with van der Waals surface area (Å²) in [5.41, 5.74) is 4.29. The Hall–Kier alpha value is -3.78. The third kappa shape index (κ3) is 4.77. The van der Waals surface area contributed by atoms with Gasteiger partial charge in [0.2, 0.25) is 5.91 Å². The number of methoxy groups -OCH3 is 1. The highest BCUT2D eigenvalue weighted by molar-refractivity contribution is 6.08. The van der Waals surface area contributed by atoms with Crippen molar-refractivity contribution in [1.29, 1.82) is 0 Å². The maximum Gasteiger partial charge on any atom is 0.328 e. The number of nitrogens with one attached hydrogen (secondary N) is 1. The van der Waals surface area contributed by atoms with E-state index in [0.29, 0.717) is 24.4 Å². The third-order valence-corrected chi connectivity index (χ3v) is 5.74. The zero-order valence-electron chi connectivity index (χ0n) is 19.8. The quantitative estimate of drug-likeness (QED) is 0.190. The Kier molecular flexibility index (Phi) is 6.88. The van der Waals surface area contributed by atoms with Crippen LogP contribution in [0.1, 0.15) is 25.8 Å². The summed E-state index contributed by atoms with van der Waals surface area (Å²) in [6, 6.07) is 13.3. The number of benzene rings is 3. The molecule has 8 nitrogen and oxygen atoms in total. The summed E-state index contributed by atoms with van der Waals surface area (Å²) >= 11 is 0. The van der Waals surface area contributed by atoms with E-state index in [2.05, 4.69) is 15.0 Å². The molecule has 0 radical (unpaired) electrons. The fourth-order valence-corrected chi connectivity index (χ4v) is 4.04. The number of nitrogens with two attached hydrogens (primary N) is 1. The summed E-state index contributed by atoms with van der Waals surface area (Å²) in [4.78, 5) is 33.2. The molecule has 176 valence electrons. The lowest BCUT2D eigenvalue weighted by atomic mass is 10.1. The van der Waals surface area contributed by atoms with Gasteiger partial charge in [0.05, 0.1) is 25.4 Å². The first-order chi connectivity index (χ1) is 16.4. The predicted molar refractivity (Wildman–Crippen MR) is 130 cm³/mol. The van der Waals surface area contributed by atoms with Crippen LogP contribution in [0.5, 0.6) is 0 Å². The average molecular weight is 462 g/mol. The van der Waals surface area contributed by atoms with Crippen LogP contribution in [0.15, 0.2) is 51.9 Å². The van der Waals surface area contributed by atoms with Gasteiger partial charge in [-0.15, -0.1) is 0 Å². The highest BCUT2D eigenvalue weighted by Gasteiger charge is 2.18. The van der Waals surface area contributed by atoms with Crippen LogP contribution in [0, 0.1) is 6.92 Å². The minimum Gasteiger partial charge on any atom is -0.467 e. The summed E-state index contributed by atoms with van der Waals surface area (Å²) in [5, 5.41) is 7.59. The molecule has 2 aliphatic rings. The minimum absolute atomic E-state index is 0.209. The van der Waals surface area contributed by atoms with E-state index in [0.717, 1.165) is 38.6 Å². The molecule has 0 spiro atoms. The number of rotatable bonds is 7. The molecule has 3 N–H and O–H groups in total. The Labute approximate surface area is 197 Å². The Balaban J connectivity index is 1.67. The molecule has 0 saturated heterocycles. The topological polar surface area (TPSA) is 110 Å². The molecule has 1 atom stereocenters. The first-order valence-corrected chi connectivity index (χ1v) is 11.4. The van der Waals surface area contributed by atoms with Gasteiger partial charge < -0.3 is 19.8 Å². The Morgan fingerprint density at radius 3 is 2.71 bits per heavy atom.